The van der Waals surface area contributed by atoms with E-state index in [0.717, 1.165) is 0 Å². The third-order valence-corrected chi connectivity index (χ3v) is 8.99. The van der Waals surface area contributed by atoms with Crippen molar-refractivity contribution in [3.8, 4) is 0 Å². The van der Waals surface area contributed by atoms with Gasteiger partial charge in [0.25, 0.3) is 5.56 Å². The molecule has 0 aromatic carbocycles. The van der Waals surface area contributed by atoms with E-state index in [-0.39, 0.29) is 17.1 Å². The summed E-state index contributed by atoms with van der Waals surface area (Å²) in [6.45, 7) is -0.395. The summed E-state index contributed by atoms with van der Waals surface area (Å²) in [5.74, 6) is -0.690. The number of nitrogens with zero attached hydrogens (tertiary/aromatic N) is 6. The molecule has 7 heterocycles. The second-order valence-corrected chi connectivity index (χ2v) is 11.9. The summed E-state index contributed by atoms with van der Waals surface area (Å²) in [5, 5.41) is 22.4. The van der Waals surface area contributed by atoms with Crippen LogP contribution in [-0.4, -0.2) is 86.3 Å². The molecule has 0 aliphatic carbocycles. The first-order valence-electron chi connectivity index (χ1n) is 13.2. The van der Waals surface area contributed by atoms with Gasteiger partial charge in [0.15, 0.2) is 29.3 Å². The van der Waals surface area contributed by atoms with Crippen LogP contribution in [0, 0.1) is 5.92 Å². The number of aromatic amines is 1. The number of anilines is 2. The molecule has 19 heteroatoms. The highest BCUT2D eigenvalue weighted by Crippen LogP contribution is 2.51. The van der Waals surface area contributed by atoms with Crippen molar-refractivity contribution in [2.75, 3.05) is 18.1 Å². The summed E-state index contributed by atoms with van der Waals surface area (Å²) in [4.78, 5) is 42.1. The maximum absolute atomic E-state index is 13.2. The van der Waals surface area contributed by atoms with E-state index in [1.165, 1.54) is 23.4 Å². The summed E-state index contributed by atoms with van der Waals surface area (Å²) in [6.07, 6.45) is -2.07. The van der Waals surface area contributed by atoms with Crippen LogP contribution in [0.15, 0.2) is 29.7 Å². The number of imidazole rings is 2. The lowest BCUT2D eigenvalue weighted by Crippen LogP contribution is -2.35. The Morgan fingerprint density at radius 2 is 1.71 bits per heavy atom. The number of H-pyrrole nitrogens is 1. The van der Waals surface area contributed by atoms with Gasteiger partial charge in [0.1, 0.15) is 23.8 Å². The molecule has 3 saturated heterocycles. The highest BCUT2D eigenvalue weighted by Gasteiger charge is 2.51. The van der Waals surface area contributed by atoms with Crippen molar-refractivity contribution in [3.05, 3.63) is 35.3 Å². The van der Waals surface area contributed by atoms with Crippen molar-refractivity contribution in [2.24, 2.45) is 5.92 Å². The van der Waals surface area contributed by atoms with Crippen LogP contribution in [0.1, 0.15) is 31.7 Å². The number of rotatable bonds is 2. The van der Waals surface area contributed by atoms with Gasteiger partial charge in [-0.05, 0) is 18.9 Å². The van der Waals surface area contributed by atoms with Gasteiger partial charge in [-0.25, -0.2) is 19.5 Å². The van der Waals surface area contributed by atoms with Crippen LogP contribution in [0.2, 0.25) is 0 Å². The Hall–Kier alpha value is -3.48. The lowest BCUT2D eigenvalue weighted by atomic mass is 9.91. The zero-order valence-corrected chi connectivity index (χ0v) is 22.7. The molecular weight excluding hydrogens is 577 g/mol. The van der Waals surface area contributed by atoms with Crippen molar-refractivity contribution < 1.29 is 38.2 Å². The van der Waals surface area contributed by atoms with E-state index < -0.39 is 68.9 Å². The van der Waals surface area contributed by atoms with Crippen molar-refractivity contribution in [3.63, 3.8) is 0 Å². The van der Waals surface area contributed by atoms with Gasteiger partial charge in [-0.1, -0.05) is 6.42 Å². The Kier molecular flexibility index (Phi) is 6.55. The maximum atomic E-state index is 13.2. The van der Waals surface area contributed by atoms with Crippen LogP contribution in [0.3, 0.4) is 0 Å². The van der Waals surface area contributed by atoms with Crippen LogP contribution in [0.4, 0.5) is 11.6 Å². The van der Waals surface area contributed by atoms with E-state index in [9.17, 15) is 24.5 Å². The van der Waals surface area contributed by atoms with Gasteiger partial charge in [-0.2, -0.15) is 4.98 Å². The van der Waals surface area contributed by atoms with Crippen molar-refractivity contribution in [1.29, 1.82) is 0 Å². The molecule has 3 fully saturated rings. The van der Waals surface area contributed by atoms with Crippen LogP contribution < -0.4 is 17.0 Å². The molecule has 3 aliphatic rings. The molecule has 2 unspecified atom stereocenters. The van der Waals surface area contributed by atoms with Gasteiger partial charge >= 0.3 is 7.82 Å². The Bertz CT molecular complexity index is 1760. The topological polar surface area (TPSA) is 261 Å². The fraction of sp³-hybridized carbons (Fsp3) is 0.522. The van der Waals surface area contributed by atoms with Crippen LogP contribution in [-0.2, 0) is 23.1 Å². The average Bonchev–Trinajstić information content (AvgIpc) is 3.69. The second-order valence-electron chi connectivity index (χ2n) is 10.5. The average molecular weight is 606 g/mol. The zero-order chi connectivity index (χ0) is 29.3. The molecule has 7 rings (SSSR count). The van der Waals surface area contributed by atoms with E-state index >= 15 is 0 Å². The molecule has 0 radical (unpaired) electrons. The minimum absolute atomic E-state index is 0.0390. The number of fused-ring (bicyclic) bond motifs is 5. The predicted molar refractivity (Wildman–Crippen MR) is 142 cm³/mol. The number of aromatic nitrogens is 7. The second kappa shape index (κ2) is 10.1. The fourth-order valence-electron chi connectivity index (χ4n) is 6.01. The molecule has 4 aromatic heterocycles. The molecule has 224 valence electrons. The summed E-state index contributed by atoms with van der Waals surface area (Å²) in [6, 6.07) is 1.61. The number of hydrogen-bond acceptors (Lipinski definition) is 14. The first-order chi connectivity index (χ1) is 20.1. The van der Waals surface area contributed by atoms with Gasteiger partial charge in [-0.15, -0.1) is 0 Å². The van der Waals surface area contributed by atoms with Gasteiger partial charge in [0, 0.05) is 12.1 Å². The van der Waals surface area contributed by atoms with Crippen molar-refractivity contribution >= 4 is 41.8 Å². The number of ether oxygens (including phenoxy) is 2. The maximum Gasteiger partial charge on any atom is 0.472 e. The zero-order valence-electron chi connectivity index (χ0n) is 21.8. The minimum Gasteiger partial charge on any atom is -0.397 e. The normalized spacial score (nSPS) is 35.7. The Labute approximate surface area is 235 Å². The number of aliphatic hydroxyl groups is 2. The molecule has 18 nitrogen and oxygen atoms in total. The molecule has 4 aromatic rings. The number of phosphoric acid groups is 1. The van der Waals surface area contributed by atoms with Crippen molar-refractivity contribution in [2.45, 2.75) is 62.2 Å². The van der Waals surface area contributed by atoms with Gasteiger partial charge < -0.3 is 36.0 Å². The Morgan fingerprint density at radius 3 is 2.52 bits per heavy atom. The van der Waals surface area contributed by atoms with Crippen LogP contribution >= 0.6 is 7.82 Å². The lowest BCUT2D eigenvalue weighted by molar-refractivity contribution is -0.0568. The minimum atomic E-state index is -4.83. The number of nitrogens with two attached hydrogens (primary N) is 2. The van der Waals surface area contributed by atoms with E-state index in [0.29, 0.717) is 36.1 Å². The number of phosphoric ester groups is 1. The van der Waals surface area contributed by atoms with Crippen molar-refractivity contribution in [1.82, 2.24) is 34.1 Å². The Balaban J connectivity index is 1.17. The highest BCUT2D eigenvalue weighted by molar-refractivity contribution is 7.47. The number of nitrogen functional groups attached to an aromatic ring is 2. The standard InChI is InChI=1S/C23H28N9O9P/c24-10-4-5-26-18-13(10)27-7-31(18)21-15(33)9-2-1-3-11-16(34)17(41-42(36,37)38-6-12(9)40-21)22(39-11)32-8-28-14-19(32)29-23(25)30-20(14)35/h4-5,7-9,11-12,15-17,21-22,33-34H,1-3,6H2,(H2,24,26)(H,36,37)(H3,25,29,30,35)/t9-,11?,12-,15-,16-,17-,21-,22-/m1/s1. The van der Waals surface area contributed by atoms with E-state index in [4.69, 9.17) is 30.0 Å². The first kappa shape index (κ1) is 27.4. The summed E-state index contributed by atoms with van der Waals surface area (Å²) < 4.78 is 39.1. The van der Waals surface area contributed by atoms with Crippen LogP contribution in [0.5, 0.6) is 0 Å². The molecular formula is C23H28N9O9P. The molecule has 3 aliphatic heterocycles. The summed E-state index contributed by atoms with van der Waals surface area (Å²) >= 11 is 0. The SMILES string of the molecule is Nc1nc2c(ncn2[C@@H]2OC3CCC[C@H]4[C@@H](O)[C@H](n5cnc6c(N)ccnc65)O[C@@H]4COP(=O)(O)O[C@@H]2[C@@H]3O)c(=O)[nH]1. The summed E-state index contributed by atoms with van der Waals surface area (Å²) in [7, 11) is -4.83. The quantitative estimate of drug-likeness (QED) is 0.158. The molecule has 9 atom stereocenters. The smallest absolute Gasteiger partial charge is 0.397 e. The van der Waals surface area contributed by atoms with Gasteiger partial charge in [-0.3, -0.25) is 28.0 Å². The number of aliphatic hydroxyl groups excluding tert-OH is 2. The molecule has 0 spiro atoms. The Morgan fingerprint density at radius 1 is 0.976 bits per heavy atom. The summed E-state index contributed by atoms with van der Waals surface area (Å²) in [5.41, 5.74) is 12.4. The number of hydrogen-bond donors (Lipinski definition) is 6. The third-order valence-electron chi connectivity index (χ3n) is 8.01. The number of nitrogens with one attached hydrogen (secondary N) is 1. The molecule has 8 N–H and O–H groups in total. The monoisotopic (exact) mass is 605 g/mol. The fourth-order valence-corrected chi connectivity index (χ4v) is 6.94. The molecule has 0 saturated carbocycles. The largest absolute Gasteiger partial charge is 0.472 e. The van der Waals surface area contributed by atoms with Gasteiger partial charge in [0.05, 0.1) is 37.2 Å². The highest BCUT2D eigenvalue weighted by atomic mass is 31.2. The third kappa shape index (κ3) is 4.47. The predicted octanol–water partition coefficient (Wildman–Crippen LogP) is -0.452. The van der Waals surface area contributed by atoms with Gasteiger partial charge in [0.2, 0.25) is 5.95 Å². The van der Waals surface area contributed by atoms with E-state index in [1.807, 2.05) is 0 Å². The molecule has 0 amide bonds. The van der Waals surface area contributed by atoms with Crippen LogP contribution in [0.25, 0.3) is 22.3 Å². The molecule has 2 bridgehead atoms. The first-order valence-corrected chi connectivity index (χ1v) is 14.7. The van der Waals surface area contributed by atoms with E-state index in [1.54, 1.807) is 10.6 Å². The number of pyridine rings is 1. The lowest BCUT2D eigenvalue weighted by Gasteiger charge is -2.26. The van der Waals surface area contributed by atoms with E-state index in [2.05, 4.69) is 24.9 Å². The molecule has 42 heavy (non-hydrogen) atoms.